The van der Waals surface area contributed by atoms with E-state index in [0.717, 1.165) is 11.0 Å². The van der Waals surface area contributed by atoms with Gasteiger partial charge in [-0.25, -0.2) is 9.59 Å². The summed E-state index contributed by atoms with van der Waals surface area (Å²) in [6.07, 6.45) is -0.0819. The number of halogens is 1. The van der Waals surface area contributed by atoms with Crippen LogP contribution in [0.1, 0.15) is 54.0 Å². The smallest absolute Gasteiger partial charge is 0.407 e. The topological polar surface area (TPSA) is 73.9 Å². The lowest BCUT2D eigenvalue weighted by Crippen LogP contribution is -2.35. The van der Waals surface area contributed by atoms with Gasteiger partial charge in [-0.1, -0.05) is 76.1 Å². The van der Waals surface area contributed by atoms with Crippen molar-refractivity contribution in [3.8, 4) is 5.75 Å². The Morgan fingerprint density at radius 1 is 1.05 bits per heavy atom. The Bertz CT molecular complexity index is 1170. The summed E-state index contributed by atoms with van der Waals surface area (Å²) in [5.41, 5.74) is 3.95. The molecule has 2 rings (SSSR count). The minimum Gasteiger partial charge on any atom is -0.490 e. The van der Waals surface area contributed by atoms with Crippen molar-refractivity contribution in [1.29, 1.82) is 0 Å². The summed E-state index contributed by atoms with van der Waals surface area (Å²) in [6, 6.07) is 15.7. The van der Waals surface area contributed by atoms with E-state index in [2.05, 4.69) is 72.5 Å². The van der Waals surface area contributed by atoms with Crippen molar-refractivity contribution in [1.82, 2.24) is 5.32 Å². The van der Waals surface area contributed by atoms with Gasteiger partial charge in [-0.2, -0.15) is 0 Å². The first-order valence-electron chi connectivity index (χ1n) is 13.9. The first kappa shape index (κ1) is 34.3. The molecule has 41 heavy (non-hydrogen) atoms. The molecule has 0 aliphatic rings. The number of amides is 1. The van der Waals surface area contributed by atoms with Crippen molar-refractivity contribution >= 4 is 35.4 Å². The third kappa shape index (κ3) is 10.5. The van der Waals surface area contributed by atoms with Gasteiger partial charge in [-0.3, -0.25) is 0 Å². The van der Waals surface area contributed by atoms with E-state index >= 15 is 0 Å². The molecule has 2 unspecified atom stereocenters. The summed E-state index contributed by atoms with van der Waals surface area (Å²) < 4.78 is 16.6. The molecule has 0 heterocycles. The molecule has 0 saturated carbocycles. The van der Waals surface area contributed by atoms with E-state index in [1.807, 2.05) is 36.4 Å². The van der Waals surface area contributed by atoms with Crippen LogP contribution in [0.4, 0.5) is 4.79 Å². The molecule has 0 fully saturated rings. The molecular formula is C33H44ClNO5S. The van der Waals surface area contributed by atoms with Crippen LogP contribution < -0.4 is 10.1 Å². The molecule has 0 saturated heterocycles. The van der Waals surface area contributed by atoms with Gasteiger partial charge in [0.25, 0.3) is 0 Å². The molecule has 0 aliphatic heterocycles. The number of esters is 1. The predicted molar refractivity (Wildman–Crippen MR) is 169 cm³/mol. The highest BCUT2D eigenvalue weighted by Crippen LogP contribution is 2.44. The molecule has 0 aliphatic carbocycles. The molecule has 0 spiro atoms. The molecule has 1 amide bonds. The molecule has 0 bridgehead atoms. The van der Waals surface area contributed by atoms with Gasteiger partial charge in [0.15, 0.2) is 0 Å². The second-order valence-corrected chi connectivity index (χ2v) is 12.4. The summed E-state index contributed by atoms with van der Waals surface area (Å²) in [6.45, 7) is 19.4. The number of alkyl carbamates (subject to hydrolysis) is 1. The van der Waals surface area contributed by atoms with Gasteiger partial charge in [-0.05, 0) is 67.6 Å². The van der Waals surface area contributed by atoms with E-state index < -0.39 is 18.2 Å². The van der Waals surface area contributed by atoms with E-state index in [9.17, 15) is 9.59 Å². The van der Waals surface area contributed by atoms with Crippen molar-refractivity contribution < 1.29 is 23.8 Å². The van der Waals surface area contributed by atoms with Crippen molar-refractivity contribution in [3.63, 3.8) is 0 Å². The fraction of sp³-hybridized carbons (Fsp3) is 0.455. The Hall–Kier alpha value is -2.90. The molecule has 2 aromatic carbocycles. The van der Waals surface area contributed by atoms with Crippen LogP contribution in [-0.2, 0) is 19.7 Å². The summed E-state index contributed by atoms with van der Waals surface area (Å²) >= 11 is 7.55. The minimum atomic E-state index is -0.615. The minimum absolute atomic E-state index is 0.0214. The maximum absolute atomic E-state index is 12.4. The lowest BCUT2D eigenvalue weighted by Gasteiger charge is -2.40. The fourth-order valence-electron chi connectivity index (χ4n) is 4.98. The number of thioether (sulfide) groups is 1. The van der Waals surface area contributed by atoms with Gasteiger partial charge in [0.05, 0.1) is 6.54 Å². The van der Waals surface area contributed by atoms with Crippen molar-refractivity contribution in [3.05, 3.63) is 82.9 Å². The number of hydrogen-bond acceptors (Lipinski definition) is 6. The first-order chi connectivity index (χ1) is 19.4. The number of nitrogens with one attached hydrogen (secondary N) is 1. The van der Waals surface area contributed by atoms with Crippen molar-refractivity contribution in [2.24, 2.45) is 11.8 Å². The summed E-state index contributed by atoms with van der Waals surface area (Å²) in [5.74, 6) is 1.46. The molecule has 2 atom stereocenters. The molecule has 6 nitrogen and oxygen atoms in total. The van der Waals surface area contributed by atoms with Crippen LogP contribution in [0, 0.1) is 11.8 Å². The number of carbonyl (C=O) groups excluding carboxylic acids is 2. The SMILES string of the molecule is C=CC(=O)OCCNC(=O)OC(COc1ccc(C(C)(C(=C(C)C)C(C)C)C(C)C)cc1)CSc1ccc(Cl)cc1. The second-order valence-electron chi connectivity index (χ2n) is 10.9. The largest absolute Gasteiger partial charge is 0.490 e. The monoisotopic (exact) mass is 601 g/mol. The van der Waals surface area contributed by atoms with Gasteiger partial charge in [0.2, 0.25) is 0 Å². The van der Waals surface area contributed by atoms with Crippen molar-refractivity contribution in [2.75, 3.05) is 25.5 Å². The number of allylic oxidation sites excluding steroid dienone is 2. The summed E-state index contributed by atoms with van der Waals surface area (Å²) in [4.78, 5) is 24.6. The quantitative estimate of drug-likeness (QED) is 0.0728. The maximum atomic E-state index is 12.4. The van der Waals surface area contributed by atoms with E-state index in [0.29, 0.717) is 28.4 Å². The Morgan fingerprint density at radius 2 is 1.68 bits per heavy atom. The molecule has 8 heteroatoms. The molecule has 1 N–H and O–H groups in total. The number of benzene rings is 2. The zero-order valence-electron chi connectivity index (χ0n) is 25.3. The van der Waals surface area contributed by atoms with Crippen LogP contribution in [0.2, 0.25) is 5.02 Å². The maximum Gasteiger partial charge on any atom is 0.407 e. The number of carbonyl (C=O) groups is 2. The van der Waals surface area contributed by atoms with Gasteiger partial charge in [0.1, 0.15) is 25.1 Å². The van der Waals surface area contributed by atoms with Crippen LogP contribution in [-0.4, -0.2) is 43.7 Å². The van der Waals surface area contributed by atoms with Crippen LogP contribution in [0.25, 0.3) is 0 Å². The third-order valence-electron chi connectivity index (χ3n) is 7.03. The van der Waals surface area contributed by atoms with Gasteiger partial charge in [-0.15, -0.1) is 11.8 Å². The number of ether oxygens (including phenoxy) is 3. The van der Waals surface area contributed by atoms with E-state index in [4.69, 9.17) is 25.8 Å². The Labute approximate surface area is 254 Å². The first-order valence-corrected chi connectivity index (χ1v) is 15.3. The van der Waals surface area contributed by atoms with Crippen molar-refractivity contribution in [2.45, 2.75) is 64.9 Å². The van der Waals surface area contributed by atoms with Crippen LogP contribution >= 0.6 is 23.4 Å². The van der Waals surface area contributed by atoms with E-state index in [1.54, 1.807) is 0 Å². The molecule has 0 aromatic heterocycles. The van der Waals surface area contributed by atoms with E-state index in [1.165, 1.54) is 28.5 Å². The highest BCUT2D eigenvalue weighted by atomic mass is 35.5. The summed E-state index contributed by atoms with van der Waals surface area (Å²) in [7, 11) is 0. The average molecular weight is 602 g/mol. The highest BCUT2D eigenvalue weighted by molar-refractivity contribution is 7.99. The predicted octanol–water partition coefficient (Wildman–Crippen LogP) is 8.24. The van der Waals surface area contributed by atoms with Gasteiger partial charge < -0.3 is 19.5 Å². The molecular weight excluding hydrogens is 558 g/mol. The fourth-order valence-corrected chi connectivity index (χ4v) is 5.97. The van der Waals surface area contributed by atoms with E-state index in [-0.39, 0.29) is 25.2 Å². The zero-order chi connectivity index (χ0) is 30.6. The molecule has 0 radical (unpaired) electrons. The number of hydrogen-bond donors (Lipinski definition) is 1. The third-order valence-corrected chi connectivity index (χ3v) is 8.42. The van der Waals surface area contributed by atoms with Crippen LogP contribution in [0.3, 0.4) is 0 Å². The second kappa shape index (κ2) is 16.5. The highest BCUT2D eigenvalue weighted by Gasteiger charge is 2.36. The molecule has 224 valence electrons. The Kier molecular flexibility index (Phi) is 13.8. The van der Waals surface area contributed by atoms with Crippen LogP contribution in [0.15, 0.2) is 77.2 Å². The number of rotatable bonds is 15. The van der Waals surface area contributed by atoms with Gasteiger partial charge in [0, 0.05) is 27.2 Å². The van der Waals surface area contributed by atoms with Gasteiger partial charge >= 0.3 is 12.1 Å². The Balaban J connectivity index is 2.12. The Morgan fingerprint density at radius 3 is 2.22 bits per heavy atom. The average Bonchev–Trinajstić information content (AvgIpc) is 2.92. The standard InChI is InChI=1S/C33H44ClNO5S/c1-9-30(36)38-19-18-35-32(37)40-28(21-41-29-16-12-26(34)13-17-29)20-39-27-14-10-25(11-15-27)33(8,24(6)7)31(22(2)3)23(4)5/h9-17,22,24,28H,1,18-21H2,2-8H3,(H,35,37). The van der Waals surface area contributed by atoms with Crippen LogP contribution in [0.5, 0.6) is 5.75 Å². The summed E-state index contributed by atoms with van der Waals surface area (Å²) in [5, 5.41) is 3.26. The lowest BCUT2D eigenvalue weighted by molar-refractivity contribution is -0.137. The normalized spacial score (nSPS) is 13.2. The zero-order valence-corrected chi connectivity index (χ0v) is 26.9. The lowest BCUT2D eigenvalue weighted by atomic mass is 9.64. The molecule has 2 aromatic rings.